The molecule has 2 saturated heterocycles. The number of benzene rings is 1. The van der Waals surface area contributed by atoms with Crippen LogP contribution in [0, 0.1) is 12.3 Å². The van der Waals surface area contributed by atoms with Crippen LogP contribution in [0.4, 0.5) is 0 Å². The van der Waals surface area contributed by atoms with Crippen molar-refractivity contribution >= 4 is 15.9 Å². The van der Waals surface area contributed by atoms with Crippen LogP contribution in [0.1, 0.15) is 36.8 Å². The standard InChI is InChI=1S/C18H26N2O3S/c1-15-5-3-6-16(13-15)14-19-11-8-18(17(19)21)7-4-10-20(12-9-18)24(2,22)23/h3,5-6,13H,4,7-12,14H2,1-2H3/t18-/m0/s1. The number of aryl methyl sites for hydroxylation is 1. The third-order valence-corrected chi connectivity index (χ3v) is 6.73. The quantitative estimate of drug-likeness (QED) is 0.839. The second kappa shape index (κ2) is 6.48. The van der Waals surface area contributed by atoms with Gasteiger partial charge in [0.25, 0.3) is 0 Å². The van der Waals surface area contributed by atoms with E-state index in [0.29, 0.717) is 26.1 Å². The van der Waals surface area contributed by atoms with Crippen molar-refractivity contribution in [2.45, 2.75) is 39.2 Å². The molecule has 0 unspecified atom stereocenters. The second-order valence-corrected chi connectivity index (χ2v) is 9.24. The highest BCUT2D eigenvalue weighted by Gasteiger charge is 2.47. The Hall–Kier alpha value is -1.40. The van der Waals surface area contributed by atoms with Crippen LogP contribution in [-0.2, 0) is 21.4 Å². The number of sulfonamides is 1. The van der Waals surface area contributed by atoms with Gasteiger partial charge in [0.05, 0.1) is 11.7 Å². The summed E-state index contributed by atoms with van der Waals surface area (Å²) in [6.45, 7) is 4.47. The fourth-order valence-electron chi connectivity index (χ4n) is 4.04. The van der Waals surface area contributed by atoms with Gasteiger partial charge >= 0.3 is 0 Å². The Labute approximate surface area is 144 Å². The average molecular weight is 350 g/mol. The molecule has 0 N–H and O–H groups in total. The van der Waals surface area contributed by atoms with Gasteiger partial charge in [-0.15, -0.1) is 0 Å². The normalized spacial score (nSPS) is 26.1. The van der Waals surface area contributed by atoms with Crippen molar-refractivity contribution in [3.8, 4) is 0 Å². The van der Waals surface area contributed by atoms with Crippen molar-refractivity contribution in [1.29, 1.82) is 0 Å². The van der Waals surface area contributed by atoms with E-state index in [1.807, 2.05) is 11.0 Å². The van der Waals surface area contributed by atoms with E-state index in [1.165, 1.54) is 16.1 Å². The molecule has 1 aromatic carbocycles. The molecule has 5 nitrogen and oxygen atoms in total. The van der Waals surface area contributed by atoms with Crippen molar-refractivity contribution in [3.63, 3.8) is 0 Å². The van der Waals surface area contributed by atoms with Gasteiger partial charge < -0.3 is 4.90 Å². The molecule has 6 heteroatoms. The molecule has 2 heterocycles. The summed E-state index contributed by atoms with van der Waals surface area (Å²) in [6, 6.07) is 8.26. The lowest BCUT2D eigenvalue weighted by Crippen LogP contribution is -2.36. The first kappa shape index (κ1) is 17.4. The van der Waals surface area contributed by atoms with Crippen molar-refractivity contribution in [1.82, 2.24) is 9.21 Å². The zero-order valence-electron chi connectivity index (χ0n) is 14.5. The molecular weight excluding hydrogens is 324 g/mol. The lowest BCUT2D eigenvalue weighted by Gasteiger charge is -2.26. The van der Waals surface area contributed by atoms with Crippen molar-refractivity contribution in [2.24, 2.45) is 5.41 Å². The summed E-state index contributed by atoms with van der Waals surface area (Å²) in [5.74, 6) is 0.208. The van der Waals surface area contributed by atoms with Crippen LogP contribution >= 0.6 is 0 Å². The first-order valence-electron chi connectivity index (χ1n) is 8.60. The summed E-state index contributed by atoms with van der Waals surface area (Å²) in [5, 5.41) is 0. The van der Waals surface area contributed by atoms with Gasteiger partial charge in [0.15, 0.2) is 0 Å². The summed E-state index contributed by atoms with van der Waals surface area (Å²) < 4.78 is 25.1. The predicted molar refractivity (Wildman–Crippen MR) is 93.9 cm³/mol. The monoisotopic (exact) mass is 350 g/mol. The minimum absolute atomic E-state index is 0.208. The number of amides is 1. The molecule has 2 fully saturated rings. The van der Waals surface area contributed by atoms with E-state index in [1.54, 1.807) is 0 Å². The minimum atomic E-state index is -3.17. The average Bonchev–Trinajstić information content (AvgIpc) is 2.70. The maximum Gasteiger partial charge on any atom is 0.229 e. The first-order valence-corrected chi connectivity index (χ1v) is 10.5. The first-order chi connectivity index (χ1) is 11.3. The number of nitrogens with zero attached hydrogens (tertiary/aromatic N) is 2. The molecule has 2 aliphatic heterocycles. The number of likely N-dealkylation sites (tertiary alicyclic amines) is 1. The minimum Gasteiger partial charge on any atom is -0.338 e. The molecule has 1 atom stereocenters. The molecule has 1 spiro atoms. The summed E-state index contributed by atoms with van der Waals surface area (Å²) >= 11 is 0. The molecule has 24 heavy (non-hydrogen) atoms. The van der Waals surface area contributed by atoms with Crippen LogP contribution in [0.25, 0.3) is 0 Å². The van der Waals surface area contributed by atoms with Gasteiger partial charge in [0.2, 0.25) is 15.9 Å². The Morgan fingerprint density at radius 2 is 1.88 bits per heavy atom. The Kier molecular flexibility index (Phi) is 4.71. The Bertz CT molecular complexity index is 732. The number of hydrogen-bond donors (Lipinski definition) is 0. The highest BCUT2D eigenvalue weighted by atomic mass is 32.2. The van der Waals surface area contributed by atoms with Crippen LogP contribution in [0.2, 0.25) is 0 Å². The largest absolute Gasteiger partial charge is 0.338 e. The van der Waals surface area contributed by atoms with Gasteiger partial charge in [-0.2, -0.15) is 0 Å². The Morgan fingerprint density at radius 1 is 1.12 bits per heavy atom. The van der Waals surface area contributed by atoms with Crippen LogP contribution in [-0.4, -0.2) is 49.4 Å². The van der Waals surface area contributed by atoms with Crippen molar-refractivity contribution < 1.29 is 13.2 Å². The van der Waals surface area contributed by atoms with Gasteiger partial charge in [-0.3, -0.25) is 4.79 Å². The van der Waals surface area contributed by atoms with E-state index in [9.17, 15) is 13.2 Å². The maximum absolute atomic E-state index is 13.0. The molecule has 0 aromatic heterocycles. The van der Waals surface area contributed by atoms with E-state index in [-0.39, 0.29) is 11.3 Å². The summed E-state index contributed by atoms with van der Waals surface area (Å²) in [7, 11) is -3.17. The van der Waals surface area contributed by atoms with Crippen LogP contribution in [0.3, 0.4) is 0 Å². The van der Waals surface area contributed by atoms with E-state index in [0.717, 1.165) is 31.4 Å². The molecule has 1 amide bonds. The number of carbonyl (C=O) groups excluding carboxylic acids is 1. The highest BCUT2D eigenvalue weighted by molar-refractivity contribution is 7.88. The van der Waals surface area contributed by atoms with Crippen molar-refractivity contribution in [3.05, 3.63) is 35.4 Å². The van der Waals surface area contributed by atoms with Gasteiger partial charge in [-0.25, -0.2) is 12.7 Å². The van der Waals surface area contributed by atoms with Crippen LogP contribution in [0.15, 0.2) is 24.3 Å². The third-order valence-electron chi connectivity index (χ3n) is 5.43. The van der Waals surface area contributed by atoms with Crippen LogP contribution < -0.4 is 0 Å². The summed E-state index contributed by atoms with van der Waals surface area (Å²) in [6.07, 6.45) is 4.29. The molecule has 0 radical (unpaired) electrons. The number of hydrogen-bond acceptors (Lipinski definition) is 3. The lowest BCUT2D eigenvalue weighted by atomic mass is 9.79. The van der Waals surface area contributed by atoms with E-state index in [4.69, 9.17) is 0 Å². The second-order valence-electron chi connectivity index (χ2n) is 7.26. The fraction of sp³-hybridized carbons (Fsp3) is 0.611. The summed E-state index contributed by atoms with van der Waals surface area (Å²) in [4.78, 5) is 15.0. The highest BCUT2D eigenvalue weighted by Crippen LogP contribution is 2.42. The maximum atomic E-state index is 13.0. The number of rotatable bonds is 3. The molecule has 0 saturated carbocycles. The Morgan fingerprint density at radius 3 is 2.58 bits per heavy atom. The number of carbonyl (C=O) groups is 1. The molecule has 0 aliphatic carbocycles. The third kappa shape index (κ3) is 3.49. The molecule has 2 aliphatic rings. The van der Waals surface area contributed by atoms with Gasteiger partial charge in [-0.1, -0.05) is 29.8 Å². The topological polar surface area (TPSA) is 57.7 Å². The van der Waals surface area contributed by atoms with Gasteiger partial charge in [0, 0.05) is 26.2 Å². The molecule has 1 aromatic rings. The predicted octanol–water partition coefficient (Wildman–Crippen LogP) is 2.16. The zero-order valence-corrected chi connectivity index (χ0v) is 15.3. The van der Waals surface area contributed by atoms with Gasteiger partial charge in [0.1, 0.15) is 0 Å². The van der Waals surface area contributed by atoms with E-state index in [2.05, 4.69) is 25.1 Å². The van der Waals surface area contributed by atoms with E-state index < -0.39 is 10.0 Å². The van der Waals surface area contributed by atoms with E-state index >= 15 is 0 Å². The van der Waals surface area contributed by atoms with Gasteiger partial charge in [-0.05, 0) is 38.2 Å². The molecule has 3 rings (SSSR count). The molecule has 132 valence electrons. The molecule has 0 bridgehead atoms. The smallest absolute Gasteiger partial charge is 0.229 e. The lowest BCUT2D eigenvalue weighted by molar-refractivity contribution is -0.137. The van der Waals surface area contributed by atoms with Crippen molar-refractivity contribution in [2.75, 3.05) is 25.9 Å². The Balaban J connectivity index is 1.71. The zero-order chi connectivity index (χ0) is 17.4. The molecular formula is C18H26N2O3S. The van der Waals surface area contributed by atoms with Crippen LogP contribution in [0.5, 0.6) is 0 Å². The fourth-order valence-corrected chi connectivity index (χ4v) is 4.92. The SMILES string of the molecule is Cc1cccc(CN2CC[C@]3(CCCN(S(C)(=O)=O)CC3)C2=O)c1. The summed E-state index contributed by atoms with van der Waals surface area (Å²) in [5.41, 5.74) is 2.00.